The Morgan fingerprint density at radius 2 is 1.74 bits per heavy atom. The lowest BCUT2D eigenvalue weighted by atomic mass is 10.0. The van der Waals surface area contributed by atoms with E-state index in [0.717, 1.165) is 29.8 Å². The van der Waals surface area contributed by atoms with Gasteiger partial charge >= 0.3 is 0 Å². The Balaban J connectivity index is 2.24. The largest absolute Gasteiger partial charge is 0.281 e. The molecule has 0 bridgehead atoms. The molecule has 1 aliphatic rings. The molecule has 2 aromatic carbocycles. The van der Waals surface area contributed by atoms with Gasteiger partial charge in [-0.2, -0.15) is 0 Å². The quantitative estimate of drug-likeness (QED) is 0.706. The van der Waals surface area contributed by atoms with Gasteiger partial charge in [0, 0.05) is 11.9 Å². The van der Waals surface area contributed by atoms with Crippen molar-refractivity contribution < 1.29 is 4.79 Å². The second kappa shape index (κ2) is 4.71. The van der Waals surface area contributed by atoms with Gasteiger partial charge in [-0.05, 0) is 48.2 Å². The van der Waals surface area contributed by atoms with Gasteiger partial charge in [0.1, 0.15) is 0 Å². The third kappa shape index (κ3) is 2.13. The monoisotopic (exact) mass is 271 g/mol. The second-order valence-electron chi connectivity index (χ2n) is 4.76. The molecule has 1 amide bonds. The van der Waals surface area contributed by atoms with Crippen molar-refractivity contribution in [3.05, 3.63) is 58.6 Å². The molecule has 0 aliphatic carbocycles. The van der Waals surface area contributed by atoms with E-state index in [-0.39, 0.29) is 5.91 Å². The summed E-state index contributed by atoms with van der Waals surface area (Å²) in [6.07, 6.45) is 1.82. The van der Waals surface area contributed by atoms with Crippen LogP contribution in [0.3, 0.4) is 0 Å². The standard InChI is InChI=1S/C16H14ClNO/c1-11(19)18-15-5-3-2-4-12(15)6-7-13-10-14(17)8-9-16(13)18/h2-5,8-10H,6-7H2,1H3. The highest BCUT2D eigenvalue weighted by Gasteiger charge is 2.23. The first kappa shape index (κ1) is 12.2. The normalized spacial score (nSPS) is 13.5. The van der Waals surface area contributed by atoms with Crippen LogP contribution in [0.1, 0.15) is 18.1 Å². The van der Waals surface area contributed by atoms with Crippen molar-refractivity contribution in [2.75, 3.05) is 4.90 Å². The second-order valence-corrected chi connectivity index (χ2v) is 5.19. The molecule has 0 aromatic heterocycles. The van der Waals surface area contributed by atoms with Gasteiger partial charge < -0.3 is 0 Å². The molecule has 3 rings (SSSR count). The smallest absolute Gasteiger partial charge is 0.228 e. The number of halogens is 1. The number of para-hydroxylation sites is 1. The first-order valence-electron chi connectivity index (χ1n) is 6.34. The van der Waals surface area contributed by atoms with Crippen LogP contribution < -0.4 is 4.90 Å². The number of rotatable bonds is 0. The Morgan fingerprint density at radius 1 is 1.05 bits per heavy atom. The number of anilines is 2. The summed E-state index contributed by atoms with van der Waals surface area (Å²) in [6, 6.07) is 13.8. The van der Waals surface area contributed by atoms with Gasteiger partial charge in [0.05, 0.1) is 11.4 Å². The molecule has 19 heavy (non-hydrogen) atoms. The molecule has 96 valence electrons. The third-order valence-corrected chi connectivity index (χ3v) is 3.73. The number of benzene rings is 2. The molecule has 2 nitrogen and oxygen atoms in total. The summed E-state index contributed by atoms with van der Waals surface area (Å²) in [5, 5.41) is 0.716. The van der Waals surface area contributed by atoms with Crippen molar-refractivity contribution in [2.24, 2.45) is 0 Å². The van der Waals surface area contributed by atoms with Crippen LogP contribution in [0.25, 0.3) is 0 Å². The van der Waals surface area contributed by atoms with Crippen molar-refractivity contribution in [1.82, 2.24) is 0 Å². The zero-order valence-corrected chi connectivity index (χ0v) is 11.4. The summed E-state index contributed by atoms with van der Waals surface area (Å²) >= 11 is 6.07. The average Bonchev–Trinajstić information content (AvgIpc) is 2.55. The minimum atomic E-state index is 0.0259. The molecule has 0 radical (unpaired) electrons. The topological polar surface area (TPSA) is 20.3 Å². The van der Waals surface area contributed by atoms with Gasteiger partial charge in [-0.3, -0.25) is 9.69 Å². The van der Waals surface area contributed by atoms with E-state index in [9.17, 15) is 4.79 Å². The summed E-state index contributed by atoms with van der Waals surface area (Å²) in [7, 11) is 0. The minimum absolute atomic E-state index is 0.0259. The van der Waals surface area contributed by atoms with Gasteiger partial charge in [0.15, 0.2) is 0 Å². The van der Waals surface area contributed by atoms with Crippen molar-refractivity contribution in [2.45, 2.75) is 19.8 Å². The molecule has 0 spiro atoms. The molecule has 0 unspecified atom stereocenters. The zero-order chi connectivity index (χ0) is 13.4. The molecule has 0 atom stereocenters. The van der Waals surface area contributed by atoms with Gasteiger partial charge in [-0.25, -0.2) is 0 Å². The van der Waals surface area contributed by atoms with E-state index in [0.29, 0.717) is 5.02 Å². The lowest BCUT2D eigenvalue weighted by Gasteiger charge is -2.23. The lowest BCUT2D eigenvalue weighted by molar-refractivity contribution is -0.115. The molecular weight excluding hydrogens is 258 g/mol. The summed E-state index contributed by atoms with van der Waals surface area (Å²) in [6.45, 7) is 1.60. The summed E-state index contributed by atoms with van der Waals surface area (Å²) in [5.41, 5.74) is 4.25. The Bertz CT molecular complexity index is 651. The van der Waals surface area contributed by atoms with E-state index in [4.69, 9.17) is 11.6 Å². The molecule has 1 aliphatic heterocycles. The van der Waals surface area contributed by atoms with E-state index < -0.39 is 0 Å². The number of fused-ring (bicyclic) bond motifs is 2. The maximum Gasteiger partial charge on any atom is 0.228 e. The molecule has 2 aromatic rings. The van der Waals surface area contributed by atoms with E-state index in [1.807, 2.05) is 36.4 Å². The molecule has 0 saturated heterocycles. The number of aryl methyl sites for hydroxylation is 2. The van der Waals surface area contributed by atoms with Crippen LogP contribution in [0.4, 0.5) is 11.4 Å². The van der Waals surface area contributed by atoms with Gasteiger partial charge in [0.25, 0.3) is 0 Å². The highest BCUT2D eigenvalue weighted by molar-refractivity contribution is 6.30. The number of carbonyl (C=O) groups is 1. The van der Waals surface area contributed by atoms with Crippen LogP contribution in [-0.4, -0.2) is 5.91 Å². The van der Waals surface area contributed by atoms with E-state index in [1.54, 1.807) is 11.8 Å². The van der Waals surface area contributed by atoms with E-state index >= 15 is 0 Å². The Morgan fingerprint density at radius 3 is 2.53 bits per heavy atom. The van der Waals surface area contributed by atoms with Gasteiger partial charge in [-0.1, -0.05) is 29.8 Å². The maximum absolute atomic E-state index is 12.1. The zero-order valence-electron chi connectivity index (χ0n) is 10.7. The molecular formula is C16H14ClNO. The van der Waals surface area contributed by atoms with Crippen LogP contribution in [0.2, 0.25) is 5.02 Å². The van der Waals surface area contributed by atoms with Crippen molar-refractivity contribution in [3.63, 3.8) is 0 Å². The fraction of sp³-hybridized carbons (Fsp3) is 0.188. The first-order valence-corrected chi connectivity index (χ1v) is 6.71. The number of hydrogen-bond donors (Lipinski definition) is 0. The van der Waals surface area contributed by atoms with Crippen LogP contribution in [-0.2, 0) is 17.6 Å². The molecule has 0 fully saturated rings. The van der Waals surface area contributed by atoms with Crippen LogP contribution in [0.15, 0.2) is 42.5 Å². The predicted octanol–water partition coefficient (Wildman–Crippen LogP) is 4.12. The highest BCUT2D eigenvalue weighted by atomic mass is 35.5. The molecule has 3 heteroatoms. The van der Waals surface area contributed by atoms with Gasteiger partial charge in [0.2, 0.25) is 5.91 Å². The fourth-order valence-corrected chi connectivity index (χ4v) is 2.85. The SMILES string of the molecule is CC(=O)N1c2ccccc2CCc2cc(Cl)ccc21. The maximum atomic E-state index is 12.1. The summed E-state index contributed by atoms with van der Waals surface area (Å²) in [4.78, 5) is 13.8. The Kier molecular flexibility index (Phi) is 3.03. The Hall–Kier alpha value is -1.80. The van der Waals surface area contributed by atoms with Crippen LogP contribution in [0, 0.1) is 0 Å². The Labute approximate surface area is 117 Å². The third-order valence-electron chi connectivity index (χ3n) is 3.49. The van der Waals surface area contributed by atoms with Crippen LogP contribution in [0.5, 0.6) is 0 Å². The van der Waals surface area contributed by atoms with Crippen molar-refractivity contribution in [1.29, 1.82) is 0 Å². The number of nitrogens with zero attached hydrogens (tertiary/aromatic N) is 1. The molecule has 1 heterocycles. The van der Waals surface area contributed by atoms with Gasteiger partial charge in [-0.15, -0.1) is 0 Å². The summed E-state index contributed by atoms with van der Waals surface area (Å²) in [5.74, 6) is 0.0259. The first-order chi connectivity index (χ1) is 9.16. The fourth-order valence-electron chi connectivity index (χ4n) is 2.65. The predicted molar refractivity (Wildman–Crippen MR) is 78.1 cm³/mol. The minimum Gasteiger partial charge on any atom is -0.281 e. The van der Waals surface area contributed by atoms with E-state index in [2.05, 4.69) is 6.07 Å². The molecule has 0 saturated carbocycles. The highest BCUT2D eigenvalue weighted by Crippen LogP contribution is 2.37. The summed E-state index contributed by atoms with van der Waals surface area (Å²) < 4.78 is 0. The van der Waals surface area contributed by atoms with Crippen molar-refractivity contribution >= 4 is 28.9 Å². The van der Waals surface area contributed by atoms with Crippen LogP contribution >= 0.6 is 11.6 Å². The number of amides is 1. The van der Waals surface area contributed by atoms with Crippen molar-refractivity contribution in [3.8, 4) is 0 Å². The molecule has 0 N–H and O–H groups in total. The van der Waals surface area contributed by atoms with E-state index in [1.165, 1.54) is 5.56 Å². The number of carbonyl (C=O) groups excluding carboxylic acids is 1. The average molecular weight is 272 g/mol. The number of hydrogen-bond acceptors (Lipinski definition) is 1. The lowest BCUT2D eigenvalue weighted by Crippen LogP contribution is -2.23.